The molecule has 20 heavy (non-hydrogen) atoms. The maximum absolute atomic E-state index is 6.06. The topological polar surface area (TPSA) is 3.24 Å². The molecule has 0 spiro atoms. The molecule has 0 saturated heterocycles. The fourth-order valence-corrected chi connectivity index (χ4v) is 3.58. The Morgan fingerprint density at radius 3 is 2.15 bits per heavy atom. The van der Waals surface area contributed by atoms with Gasteiger partial charge in [0.2, 0.25) is 0 Å². The van der Waals surface area contributed by atoms with Crippen molar-refractivity contribution in [3.63, 3.8) is 0 Å². The van der Waals surface area contributed by atoms with Gasteiger partial charge in [-0.15, -0.1) is 0 Å². The van der Waals surface area contributed by atoms with Crippen LogP contribution in [0.2, 0.25) is 5.02 Å². The highest BCUT2D eigenvalue weighted by Gasteiger charge is 2.35. The smallest absolute Gasteiger partial charge is 0.0406 e. The van der Waals surface area contributed by atoms with E-state index in [0.717, 1.165) is 16.9 Å². The van der Waals surface area contributed by atoms with Gasteiger partial charge in [0.15, 0.2) is 0 Å². The molecular formula is C18H28ClN. The van der Waals surface area contributed by atoms with Crippen LogP contribution in [-0.2, 0) is 0 Å². The lowest BCUT2D eigenvalue weighted by molar-refractivity contribution is 0.140. The second kappa shape index (κ2) is 6.95. The van der Waals surface area contributed by atoms with Crippen LogP contribution in [0.4, 0.5) is 0 Å². The highest BCUT2D eigenvalue weighted by atomic mass is 35.5. The highest BCUT2D eigenvalue weighted by Crippen LogP contribution is 2.43. The molecule has 1 aliphatic rings. The van der Waals surface area contributed by atoms with Crippen LogP contribution in [0.25, 0.3) is 0 Å². The van der Waals surface area contributed by atoms with Crippen LogP contribution >= 0.6 is 11.6 Å². The molecule has 0 radical (unpaired) electrons. The van der Waals surface area contributed by atoms with Crippen molar-refractivity contribution in [1.29, 1.82) is 0 Å². The van der Waals surface area contributed by atoms with Gasteiger partial charge in [0.05, 0.1) is 0 Å². The molecular weight excluding hydrogens is 266 g/mol. The van der Waals surface area contributed by atoms with E-state index in [-0.39, 0.29) is 0 Å². The molecule has 2 rings (SSSR count). The Labute approximate surface area is 129 Å². The van der Waals surface area contributed by atoms with Gasteiger partial charge in [0.25, 0.3) is 0 Å². The minimum atomic E-state index is 0.626. The Bertz CT molecular complexity index is 406. The van der Waals surface area contributed by atoms with Crippen molar-refractivity contribution < 1.29 is 0 Å². The molecule has 1 aliphatic carbocycles. The molecule has 0 N–H and O–H groups in total. The van der Waals surface area contributed by atoms with Crippen LogP contribution in [0.5, 0.6) is 0 Å². The van der Waals surface area contributed by atoms with Gasteiger partial charge in [-0.1, -0.05) is 44.0 Å². The van der Waals surface area contributed by atoms with E-state index in [4.69, 9.17) is 11.6 Å². The SMILES string of the molecule is CC(C)CC(C(c1ccc(Cl)cc1)C1CCC1)N(C)C. The maximum Gasteiger partial charge on any atom is 0.0406 e. The number of benzene rings is 1. The molecule has 0 amide bonds. The van der Waals surface area contributed by atoms with E-state index < -0.39 is 0 Å². The van der Waals surface area contributed by atoms with Crippen molar-refractivity contribution in [2.45, 2.75) is 51.5 Å². The minimum absolute atomic E-state index is 0.626. The Balaban J connectivity index is 2.27. The van der Waals surface area contributed by atoms with E-state index in [1.807, 2.05) is 12.1 Å². The summed E-state index contributed by atoms with van der Waals surface area (Å²) in [6, 6.07) is 9.20. The summed E-state index contributed by atoms with van der Waals surface area (Å²) in [4.78, 5) is 2.43. The molecule has 1 aromatic rings. The monoisotopic (exact) mass is 293 g/mol. The van der Waals surface area contributed by atoms with E-state index in [2.05, 4.69) is 45.0 Å². The zero-order valence-corrected chi connectivity index (χ0v) is 14.0. The number of rotatable bonds is 6. The first-order valence-corrected chi connectivity index (χ1v) is 8.28. The van der Waals surface area contributed by atoms with Crippen molar-refractivity contribution in [3.05, 3.63) is 34.9 Å². The molecule has 2 atom stereocenters. The van der Waals surface area contributed by atoms with E-state index in [0.29, 0.717) is 12.0 Å². The summed E-state index contributed by atoms with van der Waals surface area (Å²) in [6.45, 7) is 4.66. The summed E-state index contributed by atoms with van der Waals surface area (Å²) in [5.41, 5.74) is 1.47. The normalized spacial score (nSPS) is 19.1. The van der Waals surface area contributed by atoms with E-state index in [1.54, 1.807) is 0 Å². The lowest BCUT2D eigenvalue weighted by Crippen LogP contribution is -2.40. The second-order valence-corrected chi connectivity index (χ2v) is 7.37. The number of hydrogen-bond donors (Lipinski definition) is 0. The number of likely N-dealkylation sites (N-methyl/N-ethyl adjacent to an activating group) is 1. The first kappa shape index (κ1) is 15.9. The fraction of sp³-hybridized carbons (Fsp3) is 0.667. The minimum Gasteiger partial charge on any atom is -0.306 e. The van der Waals surface area contributed by atoms with Gasteiger partial charge in [-0.2, -0.15) is 0 Å². The lowest BCUT2D eigenvalue weighted by atomic mass is 9.68. The summed E-state index contributed by atoms with van der Waals surface area (Å²) in [6.07, 6.45) is 5.43. The van der Waals surface area contributed by atoms with E-state index >= 15 is 0 Å². The summed E-state index contributed by atoms with van der Waals surface area (Å²) in [5.74, 6) is 2.23. The van der Waals surface area contributed by atoms with Crippen molar-refractivity contribution in [3.8, 4) is 0 Å². The molecule has 0 bridgehead atoms. The summed E-state index contributed by atoms with van der Waals surface area (Å²) in [5, 5.41) is 0.839. The largest absolute Gasteiger partial charge is 0.306 e. The third-order valence-electron chi connectivity index (χ3n) is 4.70. The standard InChI is InChI=1S/C18H28ClN/c1-13(2)12-17(20(3)4)18(14-6-5-7-14)15-8-10-16(19)11-9-15/h8-11,13-14,17-18H,5-7,12H2,1-4H3. The Morgan fingerprint density at radius 1 is 1.15 bits per heavy atom. The maximum atomic E-state index is 6.06. The van der Waals surface area contributed by atoms with Gasteiger partial charge in [0, 0.05) is 17.0 Å². The Morgan fingerprint density at radius 2 is 1.75 bits per heavy atom. The second-order valence-electron chi connectivity index (χ2n) is 6.93. The molecule has 1 nitrogen and oxygen atoms in total. The van der Waals surface area contributed by atoms with Gasteiger partial charge >= 0.3 is 0 Å². The van der Waals surface area contributed by atoms with Gasteiger partial charge < -0.3 is 4.90 Å². The first-order chi connectivity index (χ1) is 9.49. The molecule has 2 heteroatoms. The van der Waals surface area contributed by atoms with Crippen molar-refractivity contribution in [2.75, 3.05) is 14.1 Å². The number of nitrogens with zero attached hydrogens (tertiary/aromatic N) is 1. The average Bonchev–Trinajstić information content (AvgIpc) is 2.32. The van der Waals surface area contributed by atoms with E-state index in [1.165, 1.54) is 31.2 Å². The van der Waals surface area contributed by atoms with Crippen LogP contribution < -0.4 is 0 Å². The Kier molecular flexibility index (Phi) is 5.51. The number of halogens is 1. The average molecular weight is 294 g/mol. The summed E-state index contributed by atoms with van der Waals surface area (Å²) < 4.78 is 0. The molecule has 1 aromatic carbocycles. The third kappa shape index (κ3) is 3.77. The van der Waals surface area contributed by atoms with Crippen molar-refractivity contribution >= 4 is 11.6 Å². The lowest BCUT2D eigenvalue weighted by Gasteiger charge is -2.42. The zero-order valence-electron chi connectivity index (χ0n) is 13.3. The van der Waals surface area contributed by atoms with Crippen LogP contribution in [0, 0.1) is 11.8 Å². The molecule has 0 heterocycles. The molecule has 2 unspecified atom stereocenters. The predicted molar refractivity (Wildman–Crippen MR) is 88.5 cm³/mol. The highest BCUT2D eigenvalue weighted by molar-refractivity contribution is 6.30. The van der Waals surface area contributed by atoms with Gasteiger partial charge in [-0.05, 0) is 62.9 Å². The fourth-order valence-electron chi connectivity index (χ4n) is 3.45. The molecule has 1 fully saturated rings. The zero-order chi connectivity index (χ0) is 14.7. The summed E-state index contributed by atoms with van der Waals surface area (Å²) >= 11 is 6.06. The molecule has 0 aliphatic heterocycles. The molecule has 112 valence electrons. The third-order valence-corrected chi connectivity index (χ3v) is 4.96. The first-order valence-electron chi connectivity index (χ1n) is 7.91. The number of hydrogen-bond acceptors (Lipinski definition) is 1. The Hall–Kier alpha value is -0.530. The van der Waals surface area contributed by atoms with Crippen LogP contribution in [0.3, 0.4) is 0 Å². The van der Waals surface area contributed by atoms with Crippen molar-refractivity contribution in [1.82, 2.24) is 4.90 Å². The van der Waals surface area contributed by atoms with Crippen LogP contribution in [0.1, 0.15) is 51.0 Å². The van der Waals surface area contributed by atoms with Crippen LogP contribution in [0.15, 0.2) is 24.3 Å². The quantitative estimate of drug-likeness (QED) is 0.697. The summed E-state index contributed by atoms with van der Waals surface area (Å²) in [7, 11) is 4.46. The van der Waals surface area contributed by atoms with E-state index in [9.17, 15) is 0 Å². The predicted octanol–water partition coefficient (Wildman–Crippen LogP) is 5.20. The van der Waals surface area contributed by atoms with Crippen molar-refractivity contribution in [2.24, 2.45) is 11.8 Å². The van der Waals surface area contributed by atoms with Gasteiger partial charge in [0.1, 0.15) is 0 Å². The van der Waals surface area contributed by atoms with Gasteiger partial charge in [-0.25, -0.2) is 0 Å². The van der Waals surface area contributed by atoms with Crippen LogP contribution in [-0.4, -0.2) is 25.0 Å². The molecule has 1 saturated carbocycles. The molecule has 0 aromatic heterocycles. The van der Waals surface area contributed by atoms with Gasteiger partial charge in [-0.3, -0.25) is 0 Å².